The average Bonchev–Trinajstić information content (AvgIpc) is 3.06. The zero-order valence-corrected chi connectivity index (χ0v) is 12.5. The van der Waals surface area contributed by atoms with Crippen LogP contribution < -0.4 is 10.6 Å². The van der Waals surface area contributed by atoms with E-state index in [0.29, 0.717) is 12.1 Å². The fraction of sp³-hybridized carbons (Fsp3) is 0.933. The van der Waals surface area contributed by atoms with E-state index in [1.807, 2.05) is 6.92 Å². The average molecular weight is 267 g/mol. The molecule has 1 saturated carbocycles. The first kappa shape index (κ1) is 14.8. The number of carbonyl (C=O) groups is 1. The molecule has 0 aromatic carbocycles. The molecular formula is C15H29N3O. The highest BCUT2D eigenvalue weighted by Crippen LogP contribution is 2.18. The van der Waals surface area contributed by atoms with Gasteiger partial charge in [-0.05, 0) is 45.7 Å². The zero-order valence-electron chi connectivity index (χ0n) is 12.5. The third-order valence-corrected chi connectivity index (χ3v) is 4.66. The number of nitrogens with one attached hydrogen (secondary N) is 2. The summed E-state index contributed by atoms with van der Waals surface area (Å²) in [6.45, 7) is 7.47. The Hall–Kier alpha value is -0.610. The second-order valence-corrected chi connectivity index (χ2v) is 6.04. The van der Waals surface area contributed by atoms with Crippen molar-refractivity contribution < 1.29 is 4.79 Å². The van der Waals surface area contributed by atoms with Crippen molar-refractivity contribution in [3.8, 4) is 0 Å². The first-order chi connectivity index (χ1) is 9.20. The number of hydrogen-bond acceptors (Lipinski definition) is 3. The van der Waals surface area contributed by atoms with Crippen molar-refractivity contribution in [2.45, 2.75) is 70.5 Å². The molecule has 0 bridgehead atoms. The van der Waals surface area contributed by atoms with Gasteiger partial charge in [0.2, 0.25) is 5.91 Å². The van der Waals surface area contributed by atoms with Crippen LogP contribution in [0.3, 0.4) is 0 Å². The molecule has 110 valence electrons. The normalized spacial score (nSPS) is 26.7. The fourth-order valence-electron chi connectivity index (χ4n) is 3.34. The molecule has 4 nitrogen and oxygen atoms in total. The molecule has 0 aromatic heterocycles. The van der Waals surface area contributed by atoms with Crippen molar-refractivity contribution in [3.05, 3.63) is 0 Å². The Labute approximate surface area is 117 Å². The number of hydrogen-bond donors (Lipinski definition) is 2. The van der Waals surface area contributed by atoms with E-state index in [0.717, 1.165) is 25.9 Å². The minimum absolute atomic E-state index is 0.0695. The van der Waals surface area contributed by atoms with Crippen molar-refractivity contribution in [2.24, 2.45) is 0 Å². The van der Waals surface area contributed by atoms with Crippen LogP contribution in [0.25, 0.3) is 0 Å². The monoisotopic (exact) mass is 267 g/mol. The van der Waals surface area contributed by atoms with Crippen LogP contribution in [0, 0.1) is 0 Å². The van der Waals surface area contributed by atoms with Gasteiger partial charge in [0.15, 0.2) is 0 Å². The Morgan fingerprint density at radius 1 is 1.26 bits per heavy atom. The predicted octanol–water partition coefficient (Wildman–Crippen LogP) is 1.51. The molecule has 4 heteroatoms. The van der Waals surface area contributed by atoms with Crippen molar-refractivity contribution in [2.75, 3.05) is 19.6 Å². The molecular weight excluding hydrogens is 238 g/mol. The Morgan fingerprint density at radius 3 is 2.68 bits per heavy atom. The SMILES string of the molecule is CCN1CCCC1CNC(C)C(=O)NC1CCCC1. The van der Waals surface area contributed by atoms with Crippen LogP contribution in [0.2, 0.25) is 0 Å². The van der Waals surface area contributed by atoms with Crippen LogP contribution in [0.5, 0.6) is 0 Å². The van der Waals surface area contributed by atoms with Crippen molar-refractivity contribution >= 4 is 5.91 Å². The highest BCUT2D eigenvalue weighted by molar-refractivity contribution is 5.81. The molecule has 2 rings (SSSR count). The van der Waals surface area contributed by atoms with Crippen LogP contribution in [0.4, 0.5) is 0 Å². The minimum Gasteiger partial charge on any atom is -0.352 e. The molecule has 1 heterocycles. The topological polar surface area (TPSA) is 44.4 Å². The van der Waals surface area contributed by atoms with Gasteiger partial charge < -0.3 is 10.6 Å². The number of amides is 1. The summed E-state index contributed by atoms with van der Waals surface area (Å²) < 4.78 is 0. The van der Waals surface area contributed by atoms with Crippen molar-refractivity contribution in [3.63, 3.8) is 0 Å². The van der Waals surface area contributed by atoms with E-state index in [1.165, 1.54) is 32.2 Å². The molecule has 2 atom stereocenters. The maximum absolute atomic E-state index is 12.1. The Morgan fingerprint density at radius 2 is 2.00 bits per heavy atom. The van der Waals surface area contributed by atoms with Crippen molar-refractivity contribution in [1.29, 1.82) is 0 Å². The van der Waals surface area contributed by atoms with E-state index in [-0.39, 0.29) is 11.9 Å². The van der Waals surface area contributed by atoms with Gasteiger partial charge in [0.05, 0.1) is 6.04 Å². The Balaban J connectivity index is 1.68. The fourth-order valence-corrected chi connectivity index (χ4v) is 3.34. The van der Waals surface area contributed by atoms with E-state index in [1.54, 1.807) is 0 Å². The standard InChI is InChI=1S/C15H29N3O/c1-3-18-10-6-9-14(18)11-16-12(2)15(19)17-13-7-4-5-8-13/h12-14,16H,3-11H2,1-2H3,(H,17,19). The molecule has 0 spiro atoms. The molecule has 1 aliphatic heterocycles. The largest absolute Gasteiger partial charge is 0.352 e. The highest BCUT2D eigenvalue weighted by atomic mass is 16.2. The lowest BCUT2D eigenvalue weighted by Crippen LogP contribution is -2.49. The molecule has 2 N–H and O–H groups in total. The van der Waals surface area contributed by atoms with Crippen molar-refractivity contribution in [1.82, 2.24) is 15.5 Å². The van der Waals surface area contributed by atoms with E-state index in [9.17, 15) is 4.79 Å². The summed E-state index contributed by atoms with van der Waals surface area (Å²) in [5.74, 6) is 0.174. The number of rotatable bonds is 6. The predicted molar refractivity (Wildman–Crippen MR) is 78.1 cm³/mol. The van der Waals surface area contributed by atoms with Gasteiger partial charge in [-0.3, -0.25) is 9.69 Å². The van der Waals surface area contributed by atoms with E-state index in [2.05, 4.69) is 22.5 Å². The Bertz CT molecular complexity index is 289. The molecule has 2 aliphatic rings. The van der Waals surface area contributed by atoms with Crippen LogP contribution in [-0.2, 0) is 4.79 Å². The summed E-state index contributed by atoms with van der Waals surface area (Å²) >= 11 is 0. The van der Waals surface area contributed by atoms with E-state index >= 15 is 0 Å². The smallest absolute Gasteiger partial charge is 0.237 e. The van der Waals surface area contributed by atoms with Gasteiger partial charge in [0.1, 0.15) is 0 Å². The van der Waals surface area contributed by atoms with E-state index in [4.69, 9.17) is 0 Å². The lowest BCUT2D eigenvalue weighted by atomic mass is 10.2. The minimum atomic E-state index is -0.0695. The van der Waals surface area contributed by atoms with Gasteiger partial charge in [-0.25, -0.2) is 0 Å². The molecule has 1 saturated heterocycles. The lowest BCUT2D eigenvalue weighted by Gasteiger charge is -2.25. The third kappa shape index (κ3) is 4.18. The van der Waals surface area contributed by atoms with E-state index < -0.39 is 0 Å². The second kappa shape index (κ2) is 7.25. The quantitative estimate of drug-likeness (QED) is 0.767. The molecule has 19 heavy (non-hydrogen) atoms. The summed E-state index contributed by atoms with van der Waals surface area (Å²) in [4.78, 5) is 14.6. The molecule has 0 radical (unpaired) electrons. The summed E-state index contributed by atoms with van der Waals surface area (Å²) in [5.41, 5.74) is 0. The first-order valence-electron chi connectivity index (χ1n) is 7.98. The van der Waals surface area contributed by atoms with Crippen LogP contribution in [-0.4, -0.2) is 48.6 Å². The third-order valence-electron chi connectivity index (χ3n) is 4.66. The molecule has 0 aromatic rings. The highest BCUT2D eigenvalue weighted by Gasteiger charge is 2.25. The Kier molecular flexibility index (Phi) is 5.64. The van der Waals surface area contributed by atoms with Crippen LogP contribution in [0.1, 0.15) is 52.4 Å². The van der Waals surface area contributed by atoms with Gasteiger partial charge in [-0.2, -0.15) is 0 Å². The number of carbonyl (C=O) groups excluding carboxylic acids is 1. The molecule has 1 amide bonds. The maximum Gasteiger partial charge on any atom is 0.237 e. The molecule has 1 aliphatic carbocycles. The summed E-state index contributed by atoms with van der Waals surface area (Å²) in [6, 6.07) is 0.974. The van der Waals surface area contributed by atoms with Gasteiger partial charge in [-0.1, -0.05) is 19.8 Å². The number of likely N-dealkylation sites (N-methyl/N-ethyl adjacent to an activating group) is 1. The molecule has 2 unspecified atom stereocenters. The van der Waals surface area contributed by atoms with Crippen LogP contribution >= 0.6 is 0 Å². The number of nitrogens with zero attached hydrogens (tertiary/aromatic N) is 1. The number of likely N-dealkylation sites (tertiary alicyclic amines) is 1. The summed E-state index contributed by atoms with van der Waals surface area (Å²) in [7, 11) is 0. The summed E-state index contributed by atoms with van der Waals surface area (Å²) in [5, 5.41) is 6.57. The second-order valence-electron chi connectivity index (χ2n) is 6.04. The lowest BCUT2D eigenvalue weighted by molar-refractivity contribution is -0.123. The zero-order chi connectivity index (χ0) is 13.7. The van der Waals surface area contributed by atoms with Gasteiger partial charge >= 0.3 is 0 Å². The van der Waals surface area contributed by atoms with Gasteiger partial charge in [0, 0.05) is 18.6 Å². The first-order valence-corrected chi connectivity index (χ1v) is 7.98. The molecule has 2 fully saturated rings. The van der Waals surface area contributed by atoms with Crippen LogP contribution in [0.15, 0.2) is 0 Å². The summed E-state index contributed by atoms with van der Waals surface area (Å²) in [6.07, 6.45) is 7.40. The maximum atomic E-state index is 12.1. The van der Waals surface area contributed by atoms with Gasteiger partial charge in [-0.15, -0.1) is 0 Å². The van der Waals surface area contributed by atoms with Gasteiger partial charge in [0.25, 0.3) is 0 Å².